The Morgan fingerprint density at radius 2 is 1.61 bits per heavy atom. The predicted molar refractivity (Wildman–Crippen MR) is 92.4 cm³/mol. The van der Waals surface area contributed by atoms with E-state index in [-0.39, 0.29) is 17.7 Å². The van der Waals surface area contributed by atoms with E-state index in [0.29, 0.717) is 0 Å². The molecule has 1 saturated carbocycles. The number of aryl methyl sites for hydroxylation is 2. The number of hydrazine groups is 1. The molecule has 2 aliphatic carbocycles. The molecule has 126 valence electrons. The maximum Gasteiger partial charge on any atom is 0.279 e. The maximum absolute atomic E-state index is 12.3. The van der Waals surface area contributed by atoms with Gasteiger partial charge in [0.2, 0.25) is 5.91 Å². The molecule has 3 rings (SSSR count). The van der Waals surface area contributed by atoms with Crippen molar-refractivity contribution in [3.8, 4) is 0 Å². The van der Waals surface area contributed by atoms with Gasteiger partial charge in [0.05, 0.1) is 4.88 Å². The second kappa shape index (κ2) is 7.95. The summed E-state index contributed by atoms with van der Waals surface area (Å²) in [6.07, 6.45) is 12.5. The van der Waals surface area contributed by atoms with Gasteiger partial charge in [-0.25, -0.2) is 0 Å². The number of hydrogen-bond donors (Lipinski definition) is 2. The highest BCUT2D eigenvalue weighted by Gasteiger charge is 2.22. The van der Waals surface area contributed by atoms with Crippen LogP contribution in [0.4, 0.5) is 0 Å². The van der Waals surface area contributed by atoms with Gasteiger partial charge < -0.3 is 0 Å². The van der Waals surface area contributed by atoms with Crippen LogP contribution in [0.1, 0.15) is 77.9 Å². The molecule has 1 fully saturated rings. The van der Waals surface area contributed by atoms with E-state index >= 15 is 0 Å². The third-order valence-electron chi connectivity index (χ3n) is 5.00. The summed E-state index contributed by atoms with van der Waals surface area (Å²) in [7, 11) is 0. The normalized spacial score (nSPS) is 19.3. The summed E-state index contributed by atoms with van der Waals surface area (Å²) >= 11 is 1.59. The van der Waals surface area contributed by atoms with Gasteiger partial charge in [0.15, 0.2) is 0 Å². The van der Waals surface area contributed by atoms with Gasteiger partial charge in [-0.05, 0) is 50.2 Å². The molecule has 23 heavy (non-hydrogen) atoms. The van der Waals surface area contributed by atoms with Crippen LogP contribution in [0, 0.1) is 5.92 Å². The van der Waals surface area contributed by atoms with E-state index in [1.54, 1.807) is 11.3 Å². The number of hydrogen-bond acceptors (Lipinski definition) is 3. The highest BCUT2D eigenvalue weighted by atomic mass is 32.1. The van der Waals surface area contributed by atoms with Gasteiger partial charge in [-0.3, -0.25) is 20.4 Å². The fourth-order valence-electron chi connectivity index (χ4n) is 3.60. The second-order valence-corrected chi connectivity index (χ2v) is 7.89. The summed E-state index contributed by atoms with van der Waals surface area (Å²) < 4.78 is 0. The molecule has 2 aliphatic rings. The molecule has 5 heteroatoms. The molecule has 1 heterocycles. The van der Waals surface area contributed by atoms with Crippen molar-refractivity contribution in [2.24, 2.45) is 5.92 Å². The van der Waals surface area contributed by atoms with Gasteiger partial charge in [0, 0.05) is 10.8 Å². The first-order valence-electron chi connectivity index (χ1n) is 8.96. The Morgan fingerprint density at radius 3 is 2.39 bits per heavy atom. The van der Waals surface area contributed by atoms with E-state index in [0.717, 1.165) is 43.4 Å². The Hall–Kier alpha value is -1.36. The molecule has 0 bridgehead atoms. The van der Waals surface area contributed by atoms with E-state index < -0.39 is 0 Å². The molecule has 0 aliphatic heterocycles. The summed E-state index contributed by atoms with van der Waals surface area (Å²) in [5.74, 6) is -0.147. The lowest BCUT2D eigenvalue weighted by Gasteiger charge is -2.20. The molecule has 0 atom stereocenters. The van der Waals surface area contributed by atoms with Crippen LogP contribution in [-0.2, 0) is 17.6 Å². The van der Waals surface area contributed by atoms with Gasteiger partial charge in [-0.15, -0.1) is 11.3 Å². The summed E-state index contributed by atoms with van der Waals surface area (Å²) in [5.41, 5.74) is 6.56. The van der Waals surface area contributed by atoms with Gasteiger partial charge in [-0.2, -0.15) is 0 Å². The zero-order valence-electron chi connectivity index (χ0n) is 13.7. The van der Waals surface area contributed by atoms with Gasteiger partial charge in [-0.1, -0.05) is 32.1 Å². The Bertz CT molecular complexity index is 536. The number of rotatable bonds is 2. The first kappa shape index (κ1) is 16.5. The van der Waals surface area contributed by atoms with Gasteiger partial charge in [0.1, 0.15) is 0 Å². The van der Waals surface area contributed by atoms with Crippen LogP contribution in [0.2, 0.25) is 0 Å². The monoisotopic (exact) mass is 334 g/mol. The zero-order chi connectivity index (χ0) is 16.1. The standard InChI is InChI=1S/C18H26N2O2S/c21-17(13-8-5-3-6-9-13)19-20-18(22)16-12-14-10-4-1-2-7-11-15(14)23-16/h12-13H,1-11H2,(H,19,21)(H,20,22). The number of nitrogens with one attached hydrogen (secondary N) is 2. The summed E-state index contributed by atoms with van der Waals surface area (Å²) in [6, 6.07) is 2.02. The quantitative estimate of drug-likeness (QED) is 0.809. The van der Waals surface area contributed by atoms with Gasteiger partial charge in [0.25, 0.3) is 5.91 Å². The first-order valence-corrected chi connectivity index (χ1v) is 9.77. The molecule has 4 nitrogen and oxygen atoms in total. The second-order valence-electron chi connectivity index (χ2n) is 6.75. The maximum atomic E-state index is 12.3. The lowest BCUT2D eigenvalue weighted by atomic mass is 9.89. The average molecular weight is 334 g/mol. The molecular formula is C18H26N2O2S. The van der Waals surface area contributed by atoms with E-state index in [1.165, 1.54) is 42.5 Å². The molecule has 0 unspecified atom stereocenters. The van der Waals surface area contributed by atoms with Crippen molar-refractivity contribution < 1.29 is 9.59 Å². The number of amides is 2. The van der Waals surface area contributed by atoms with Crippen LogP contribution in [0.15, 0.2) is 6.07 Å². The Kier molecular flexibility index (Phi) is 5.70. The molecule has 1 aromatic rings. The third-order valence-corrected chi connectivity index (χ3v) is 6.23. The first-order chi connectivity index (χ1) is 11.2. The minimum absolute atomic E-state index is 0.0343. The molecule has 0 spiro atoms. The minimum Gasteiger partial charge on any atom is -0.273 e. The molecule has 1 aromatic heterocycles. The Labute approximate surface area is 142 Å². The topological polar surface area (TPSA) is 58.2 Å². The minimum atomic E-state index is -0.175. The van der Waals surface area contributed by atoms with E-state index in [9.17, 15) is 9.59 Å². The molecule has 2 N–H and O–H groups in total. The highest BCUT2D eigenvalue weighted by molar-refractivity contribution is 7.14. The number of thiophene rings is 1. The van der Waals surface area contributed by atoms with Crippen molar-refractivity contribution in [3.05, 3.63) is 21.4 Å². The Balaban J connectivity index is 1.55. The van der Waals surface area contributed by atoms with E-state index in [1.807, 2.05) is 6.07 Å². The molecule has 0 aromatic carbocycles. The van der Waals surface area contributed by atoms with Crippen molar-refractivity contribution >= 4 is 23.2 Å². The van der Waals surface area contributed by atoms with Crippen molar-refractivity contribution in [3.63, 3.8) is 0 Å². The van der Waals surface area contributed by atoms with Crippen molar-refractivity contribution in [1.82, 2.24) is 10.9 Å². The SMILES string of the molecule is O=C(NNC(=O)C1CCCCC1)c1cc2c(s1)CCCCCC2. The van der Waals surface area contributed by atoms with Crippen LogP contribution in [0.3, 0.4) is 0 Å². The average Bonchev–Trinajstić information content (AvgIpc) is 2.95. The zero-order valence-corrected chi connectivity index (χ0v) is 14.5. The predicted octanol–water partition coefficient (Wildman–Crippen LogP) is 3.75. The number of carbonyl (C=O) groups is 2. The largest absolute Gasteiger partial charge is 0.279 e. The number of fused-ring (bicyclic) bond motifs is 1. The van der Waals surface area contributed by atoms with Crippen molar-refractivity contribution in [1.29, 1.82) is 0 Å². The fourth-order valence-corrected chi connectivity index (χ4v) is 4.75. The molecule has 0 saturated heterocycles. The van der Waals surface area contributed by atoms with Crippen molar-refractivity contribution in [2.45, 2.75) is 70.6 Å². The third kappa shape index (κ3) is 4.34. The van der Waals surface area contributed by atoms with E-state index in [2.05, 4.69) is 10.9 Å². The van der Waals surface area contributed by atoms with Crippen LogP contribution in [-0.4, -0.2) is 11.8 Å². The van der Waals surface area contributed by atoms with E-state index in [4.69, 9.17) is 0 Å². The fraction of sp³-hybridized carbons (Fsp3) is 0.667. The van der Waals surface area contributed by atoms with Crippen LogP contribution in [0.5, 0.6) is 0 Å². The smallest absolute Gasteiger partial charge is 0.273 e. The summed E-state index contributed by atoms with van der Waals surface area (Å²) in [5, 5.41) is 0. The molecular weight excluding hydrogens is 308 g/mol. The summed E-state index contributed by atoms with van der Waals surface area (Å²) in [4.78, 5) is 26.5. The van der Waals surface area contributed by atoms with Crippen LogP contribution in [0.25, 0.3) is 0 Å². The van der Waals surface area contributed by atoms with Crippen LogP contribution < -0.4 is 10.9 Å². The summed E-state index contributed by atoms with van der Waals surface area (Å²) in [6.45, 7) is 0. The lowest BCUT2D eigenvalue weighted by Crippen LogP contribution is -2.44. The van der Waals surface area contributed by atoms with Crippen LogP contribution >= 0.6 is 11.3 Å². The Morgan fingerprint density at radius 1 is 0.913 bits per heavy atom. The van der Waals surface area contributed by atoms with Gasteiger partial charge >= 0.3 is 0 Å². The molecule has 2 amide bonds. The highest BCUT2D eigenvalue weighted by Crippen LogP contribution is 2.28. The number of carbonyl (C=O) groups excluding carboxylic acids is 2. The lowest BCUT2D eigenvalue weighted by molar-refractivity contribution is -0.126. The van der Waals surface area contributed by atoms with Crippen molar-refractivity contribution in [2.75, 3.05) is 0 Å². The molecule has 0 radical (unpaired) electrons.